The van der Waals surface area contributed by atoms with Gasteiger partial charge in [0.15, 0.2) is 0 Å². The van der Waals surface area contributed by atoms with Crippen molar-refractivity contribution in [1.82, 2.24) is 19.9 Å². The van der Waals surface area contributed by atoms with E-state index in [1.165, 1.54) is 6.33 Å². The van der Waals surface area contributed by atoms with Crippen LogP contribution in [0.5, 0.6) is 5.88 Å². The van der Waals surface area contributed by atoms with E-state index in [2.05, 4.69) is 15.0 Å². The molecular weight excluding hydrogens is 304 g/mol. The summed E-state index contributed by atoms with van der Waals surface area (Å²) in [7, 11) is 0. The molecular formula is C18H18N4O2. The molecule has 6 nitrogen and oxygen atoms in total. The maximum atomic E-state index is 12.8. The second-order valence-corrected chi connectivity index (χ2v) is 5.95. The SMILES string of the molecule is O=C(c1cc2ccccc2[nH]1)N1CCCC(Oc2ccncn2)C1. The topological polar surface area (TPSA) is 71.1 Å². The molecule has 0 saturated carbocycles. The maximum absolute atomic E-state index is 12.8. The van der Waals surface area contributed by atoms with Crippen LogP contribution in [0.1, 0.15) is 23.3 Å². The van der Waals surface area contributed by atoms with Crippen LogP contribution in [0.15, 0.2) is 48.9 Å². The fraction of sp³-hybridized carbons (Fsp3) is 0.278. The van der Waals surface area contributed by atoms with Crippen LogP contribution in [-0.4, -0.2) is 45.0 Å². The molecule has 1 amide bonds. The Balaban J connectivity index is 1.48. The number of fused-ring (bicyclic) bond motifs is 1. The number of para-hydroxylation sites is 1. The van der Waals surface area contributed by atoms with Crippen LogP contribution in [0.4, 0.5) is 0 Å². The Bertz CT molecular complexity index is 813. The Labute approximate surface area is 139 Å². The van der Waals surface area contributed by atoms with Gasteiger partial charge in [0.05, 0.1) is 6.54 Å². The average Bonchev–Trinajstić information content (AvgIpc) is 3.06. The van der Waals surface area contributed by atoms with Crippen molar-refractivity contribution in [2.24, 2.45) is 0 Å². The Morgan fingerprint density at radius 1 is 1.29 bits per heavy atom. The van der Waals surface area contributed by atoms with Gasteiger partial charge in [0.2, 0.25) is 5.88 Å². The van der Waals surface area contributed by atoms with Gasteiger partial charge in [-0.3, -0.25) is 4.79 Å². The molecule has 1 aliphatic rings. The lowest BCUT2D eigenvalue weighted by molar-refractivity contribution is 0.0523. The quantitative estimate of drug-likeness (QED) is 0.805. The van der Waals surface area contributed by atoms with Crippen molar-refractivity contribution >= 4 is 16.8 Å². The van der Waals surface area contributed by atoms with Gasteiger partial charge < -0.3 is 14.6 Å². The predicted octanol–water partition coefficient (Wildman–Crippen LogP) is 2.64. The summed E-state index contributed by atoms with van der Waals surface area (Å²) in [4.78, 5) is 25.8. The third kappa shape index (κ3) is 2.95. The highest BCUT2D eigenvalue weighted by Gasteiger charge is 2.26. The molecule has 1 fully saturated rings. The fourth-order valence-electron chi connectivity index (χ4n) is 3.10. The van der Waals surface area contributed by atoms with Gasteiger partial charge in [0.1, 0.15) is 18.1 Å². The van der Waals surface area contributed by atoms with Gasteiger partial charge >= 0.3 is 0 Å². The number of nitrogens with zero attached hydrogens (tertiary/aromatic N) is 3. The summed E-state index contributed by atoms with van der Waals surface area (Å²) in [5, 5.41) is 1.05. The number of ether oxygens (including phenoxy) is 1. The zero-order valence-electron chi connectivity index (χ0n) is 13.2. The number of piperidine rings is 1. The first-order valence-electron chi connectivity index (χ1n) is 8.09. The Morgan fingerprint density at radius 3 is 3.04 bits per heavy atom. The van der Waals surface area contributed by atoms with Crippen molar-refractivity contribution in [3.63, 3.8) is 0 Å². The van der Waals surface area contributed by atoms with Gasteiger partial charge in [-0.25, -0.2) is 9.97 Å². The first kappa shape index (κ1) is 14.7. The number of likely N-dealkylation sites (tertiary alicyclic amines) is 1. The number of benzene rings is 1. The third-order valence-electron chi connectivity index (χ3n) is 4.27. The van der Waals surface area contributed by atoms with E-state index in [1.54, 1.807) is 12.3 Å². The molecule has 0 aliphatic carbocycles. The number of hydrogen-bond acceptors (Lipinski definition) is 4. The van der Waals surface area contributed by atoms with Crippen molar-refractivity contribution in [3.05, 3.63) is 54.6 Å². The lowest BCUT2D eigenvalue weighted by Gasteiger charge is -2.32. The highest BCUT2D eigenvalue weighted by atomic mass is 16.5. The molecule has 1 aromatic carbocycles. The number of H-pyrrole nitrogens is 1. The summed E-state index contributed by atoms with van der Waals surface area (Å²) in [6.07, 6.45) is 4.91. The number of rotatable bonds is 3. The molecule has 1 N–H and O–H groups in total. The molecule has 1 unspecified atom stereocenters. The van der Waals surface area contributed by atoms with Gasteiger partial charge in [-0.15, -0.1) is 0 Å². The smallest absolute Gasteiger partial charge is 0.270 e. The standard InChI is InChI=1S/C18H18N4O2/c23-18(16-10-13-4-1-2-6-15(13)21-16)22-9-3-5-14(11-22)24-17-7-8-19-12-20-17/h1-2,4,6-8,10,12,14,21H,3,5,9,11H2. The fourth-order valence-corrected chi connectivity index (χ4v) is 3.10. The van der Waals surface area contributed by atoms with E-state index in [0.29, 0.717) is 18.1 Å². The molecule has 1 atom stereocenters. The molecule has 0 radical (unpaired) electrons. The van der Waals surface area contributed by atoms with Crippen molar-refractivity contribution in [1.29, 1.82) is 0 Å². The van der Waals surface area contributed by atoms with E-state index < -0.39 is 0 Å². The molecule has 0 bridgehead atoms. The molecule has 0 spiro atoms. The molecule has 3 aromatic rings. The number of carbonyl (C=O) groups is 1. The Morgan fingerprint density at radius 2 is 2.21 bits per heavy atom. The number of aromatic nitrogens is 3. The van der Waals surface area contributed by atoms with Gasteiger partial charge in [-0.1, -0.05) is 18.2 Å². The first-order chi connectivity index (χ1) is 11.8. The molecule has 4 rings (SSSR count). The zero-order valence-corrected chi connectivity index (χ0v) is 13.2. The highest BCUT2D eigenvalue weighted by Crippen LogP contribution is 2.20. The number of carbonyl (C=O) groups excluding carboxylic acids is 1. The highest BCUT2D eigenvalue weighted by molar-refractivity contribution is 5.98. The maximum Gasteiger partial charge on any atom is 0.270 e. The second-order valence-electron chi connectivity index (χ2n) is 5.95. The Hall–Kier alpha value is -2.89. The summed E-state index contributed by atoms with van der Waals surface area (Å²) in [5.41, 5.74) is 1.60. The van der Waals surface area contributed by atoms with Crippen molar-refractivity contribution in [2.75, 3.05) is 13.1 Å². The summed E-state index contributed by atoms with van der Waals surface area (Å²) in [5.74, 6) is 0.567. The summed E-state index contributed by atoms with van der Waals surface area (Å²) < 4.78 is 5.88. The summed E-state index contributed by atoms with van der Waals surface area (Å²) in [6, 6.07) is 11.5. The van der Waals surface area contributed by atoms with E-state index in [4.69, 9.17) is 4.74 Å². The summed E-state index contributed by atoms with van der Waals surface area (Å²) in [6.45, 7) is 1.32. The minimum atomic E-state index is -0.0398. The minimum absolute atomic E-state index is 0.0159. The number of amides is 1. The van der Waals surface area contributed by atoms with Crippen LogP contribution >= 0.6 is 0 Å². The van der Waals surface area contributed by atoms with Crippen LogP contribution in [0.3, 0.4) is 0 Å². The molecule has 3 heterocycles. The molecule has 122 valence electrons. The van der Waals surface area contributed by atoms with Gasteiger partial charge in [-0.05, 0) is 25.0 Å². The second kappa shape index (κ2) is 6.31. The largest absolute Gasteiger partial charge is 0.472 e. The van der Waals surface area contributed by atoms with E-state index in [9.17, 15) is 4.79 Å². The van der Waals surface area contributed by atoms with E-state index in [1.807, 2.05) is 35.2 Å². The molecule has 1 aliphatic heterocycles. The number of aromatic amines is 1. The van der Waals surface area contributed by atoms with Crippen LogP contribution in [-0.2, 0) is 0 Å². The van der Waals surface area contributed by atoms with Crippen LogP contribution in [0.2, 0.25) is 0 Å². The van der Waals surface area contributed by atoms with Gasteiger partial charge in [0.25, 0.3) is 5.91 Å². The van der Waals surface area contributed by atoms with E-state index in [-0.39, 0.29) is 12.0 Å². The first-order valence-corrected chi connectivity index (χ1v) is 8.09. The average molecular weight is 322 g/mol. The molecule has 6 heteroatoms. The van der Waals surface area contributed by atoms with Crippen LogP contribution in [0, 0.1) is 0 Å². The molecule has 24 heavy (non-hydrogen) atoms. The monoisotopic (exact) mass is 322 g/mol. The van der Waals surface area contributed by atoms with Crippen molar-refractivity contribution in [2.45, 2.75) is 18.9 Å². The third-order valence-corrected chi connectivity index (χ3v) is 4.27. The predicted molar refractivity (Wildman–Crippen MR) is 89.9 cm³/mol. The van der Waals surface area contributed by atoms with Gasteiger partial charge in [0, 0.05) is 29.7 Å². The van der Waals surface area contributed by atoms with Crippen molar-refractivity contribution < 1.29 is 9.53 Å². The lowest BCUT2D eigenvalue weighted by atomic mass is 10.1. The van der Waals surface area contributed by atoms with E-state index >= 15 is 0 Å². The Kier molecular flexibility index (Phi) is 3.86. The molecule has 2 aromatic heterocycles. The number of nitrogens with one attached hydrogen (secondary N) is 1. The van der Waals surface area contributed by atoms with Crippen LogP contribution < -0.4 is 4.74 Å². The molecule has 1 saturated heterocycles. The van der Waals surface area contributed by atoms with E-state index in [0.717, 1.165) is 30.3 Å². The number of hydrogen-bond donors (Lipinski definition) is 1. The minimum Gasteiger partial charge on any atom is -0.472 e. The summed E-state index contributed by atoms with van der Waals surface area (Å²) >= 11 is 0. The van der Waals surface area contributed by atoms with Crippen molar-refractivity contribution in [3.8, 4) is 5.88 Å². The zero-order chi connectivity index (χ0) is 16.4. The normalized spacial score (nSPS) is 17.8. The van der Waals surface area contributed by atoms with Crippen LogP contribution in [0.25, 0.3) is 10.9 Å². The lowest BCUT2D eigenvalue weighted by Crippen LogP contribution is -2.44. The van der Waals surface area contributed by atoms with Gasteiger partial charge in [-0.2, -0.15) is 0 Å².